The van der Waals surface area contributed by atoms with Crippen LogP contribution >= 0.6 is 0 Å². The monoisotopic (exact) mass is 315 g/mol. The van der Waals surface area contributed by atoms with Gasteiger partial charge in [0.15, 0.2) is 0 Å². The largest absolute Gasteiger partial charge is 0.465 e. The number of rotatable bonds is 7. The van der Waals surface area contributed by atoms with Gasteiger partial charge in [0.05, 0.1) is 17.6 Å². The molecule has 2 atom stereocenters. The summed E-state index contributed by atoms with van der Waals surface area (Å²) in [7, 11) is -3.85. The molecule has 21 heavy (non-hydrogen) atoms. The zero-order valence-electron chi connectivity index (χ0n) is 12.4. The highest BCUT2D eigenvalue weighted by Crippen LogP contribution is 2.20. The van der Waals surface area contributed by atoms with E-state index in [1.54, 1.807) is 26.0 Å². The van der Waals surface area contributed by atoms with E-state index < -0.39 is 28.1 Å². The van der Waals surface area contributed by atoms with Gasteiger partial charge in [0.2, 0.25) is 10.0 Å². The maximum atomic E-state index is 12.2. The first kappa shape index (κ1) is 17.6. The molecule has 7 heteroatoms. The van der Waals surface area contributed by atoms with Crippen molar-refractivity contribution in [1.82, 2.24) is 4.72 Å². The van der Waals surface area contributed by atoms with Gasteiger partial charge in [-0.3, -0.25) is 4.79 Å². The van der Waals surface area contributed by atoms with Crippen LogP contribution in [0, 0.1) is 0 Å². The van der Waals surface area contributed by atoms with Crippen LogP contribution in [0.3, 0.4) is 0 Å². The van der Waals surface area contributed by atoms with Crippen LogP contribution in [0.1, 0.15) is 38.9 Å². The van der Waals surface area contributed by atoms with Crippen molar-refractivity contribution in [2.45, 2.75) is 44.2 Å². The van der Waals surface area contributed by atoms with Gasteiger partial charge < -0.3 is 9.84 Å². The number of esters is 1. The molecule has 118 valence electrons. The molecule has 0 amide bonds. The highest BCUT2D eigenvalue weighted by Gasteiger charge is 2.23. The van der Waals surface area contributed by atoms with Gasteiger partial charge >= 0.3 is 5.97 Å². The smallest absolute Gasteiger partial charge is 0.323 e. The summed E-state index contributed by atoms with van der Waals surface area (Å²) in [6, 6.07) is 5.04. The third kappa shape index (κ3) is 4.80. The number of hydrogen-bond acceptors (Lipinski definition) is 5. The third-order valence-electron chi connectivity index (χ3n) is 2.91. The number of carbonyl (C=O) groups excluding carboxylic acids is 1. The number of aliphatic hydroxyl groups excluding tert-OH is 1. The Morgan fingerprint density at radius 3 is 2.62 bits per heavy atom. The Labute approximate surface area is 125 Å². The van der Waals surface area contributed by atoms with Crippen molar-refractivity contribution in [3.63, 3.8) is 0 Å². The van der Waals surface area contributed by atoms with E-state index in [0.717, 1.165) is 0 Å². The average Bonchev–Trinajstić information content (AvgIpc) is 2.46. The summed E-state index contributed by atoms with van der Waals surface area (Å²) < 4.78 is 31.4. The zero-order chi connectivity index (χ0) is 16.0. The lowest BCUT2D eigenvalue weighted by molar-refractivity contribution is -0.144. The van der Waals surface area contributed by atoms with Gasteiger partial charge in [-0.2, -0.15) is 4.72 Å². The van der Waals surface area contributed by atoms with E-state index in [1.807, 2.05) is 0 Å². The molecule has 0 bridgehead atoms. The Bertz CT molecular complexity index is 585. The molecule has 0 saturated heterocycles. The fraction of sp³-hybridized carbons (Fsp3) is 0.500. The standard InChI is InChI=1S/C14H21NO5S/c1-4-13(16)11-7-6-8-12(9-11)21(18,19)15-10(3)14(17)20-5-2/h6-10,13,15-16H,4-5H2,1-3H3. The first-order valence-corrected chi connectivity index (χ1v) is 8.27. The van der Waals surface area contributed by atoms with Gasteiger partial charge in [-0.05, 0) is 38.0 Å². The molecule has 2 unspecified atom stereocenters. The zero-order valence-corrected chi connectivity index (χ0v) is 13.2. The lowest BCUT2D eigenvalue weighted by Gasteiger charge is -2.14. The number of benzene rings is 1. The molecular weight excluding hydrogens is 294 g/mol. The van der Waals surface area contributed by atoms with Gasteiger partial charge in [0.25, 0.3) is 0 Å². The molecule has 0 spiro atoms. The summed E-state index contributed by atoms with van der Waals surface area (Å²) in [5.74, 6) is -0.633. The van der Waals surface area contributed by atoms with Crippen molar-refractivity contribution >= 4 is 16.0 Å². The van der Waals surface area contributed by atoms with Crippen LogP contribution in [0.15, 0.2) is 29.2 Å². The number of sulfonamides is 1. The van der Waals surface area contributed by atoms with Crippen LogP contribution in [0.4, 0.5) is 0 Å². The fourth-order valence-electron chi connectivity index (χ4n) is 1.74. The summed E-state index contributed by atoms with van der Waals surface area (Å²) >= 11 is 0. The predicted octanol–water partition coefficient (Wildman–Crippen LogP) is 1.36. The van der Waals surface area contributed by atoms with E-state index in [-0.39, 0.29) is 11.5 Å². The highest BCUT2D eigenvalue weighted by molar-refractivity contribution is 7.89. The van der Waals surface area contributed by atoms with Crippen LogP contribution in [-0.4, -0.2) is 32.1 Å². The van der Waals surface area contributed by atoms with E-state index in [1.165, 1.54) is 19.1 Å². The van der Waals surface area contributed by atoms with Crippen molar-refractivity contribution in [2.24, 2.45) is 0 Å². The molecule has 0 aliphatic heterocycles. The molecule has 0 aromatic heterocycles. The predicted molar refractivity (Wildman–Crippen MR) is 78.1 cm³/mol. The Hall–Kier alpha value is -1.44. The number of hydrogen-bond donors (Lipinski definition) is 2. The van der Waals surface area contributed by atoms with E-state index in [4.69, 9.17) is 4.74 Å². The summed E-state index contributed by atoms with van der Waals surface area (Å²) in [6.07, 6.45) is -0.237. The minimum atomic E-state index is -3.85. The molecule has 0 aliphatic carbocycles. The van der Waals surface area contributed by atoms with Crippen molar-refractivity contribution in [1.29, 1.82) is 0 Å². The third-order valence-corrected chi connectivity index (χ3v) is 4.45. The first-order valence-electron chi connectivity index (χ1n) is 6.78. The number of carbonyl (C=O) groups is 1. The Morgan fingerprint density at radius 1 is 1.38 bits per heavy atom. The summed E-state index contributed by atoms with van der Waals surface area (Å²) in [5.41, 5.74) is 0.518. The van der Waals surface area contributed by atoms with Gasteiger partial charge in [-0.1, -0.05) is 19.1 Å². The van der Waals surface area contributed by atoms with Gasteiger partial charge in [-0.25, -0.2) is 8.42 Å². The minimum Gasteiger partial charge on any atom is -0.465 e. The maximum absolute atomic E-state index is 12.2. The van der Waals surface area contributed by atoms with Crippen LogP contribution in [0.2, 0.25) is 0 Å². The topological polar surface area (TPSA) is 92.7 Å². The molecule has 0 fully saturated rings. The number of nitrogens with one attached hydrogen (secondary N) is 1. The lowest BCUT2D eigenvalue weighted by atomic mass is 10.1. The molecule has 0 radical (unpaired) electrons. The van der Waals surface area contributed by atoms with Crippen molar-refractivity contribution in [3.05, 3.63) is 29.8 Å². The Kier molecular flexibility index (Phi) is 6.32. The maximum Gasteiger partial charge on any atom is 0.323 e. The van der Waals surface area contributed by atoms with E-state index in [9.17, 15) is 18.3 Å². The van der Waals surface area contributed by atoms with Crippen molar-refractivity contribution < 1.29 is 23.1 Å². The number of aliphatic hydroxyl groups is 1. The quantitative estimate of drug-likeness (QED) is 0.741. The van der Waals surface area contributed by atoms with E-state index in [2.05, 4.69) is 4.72 Å². The highest BCUT2D eigenvalue weighted by atomic mass is 32.2. The second-order valence-electron chi connectivity index (χ2n) is 4.59. The van der Waals surface area contributed by atoms with E-state index in [0.29, 0.717) is 12.0 Å². The summed E-state index contributed by atoms with van der Waals surface area (Å²) in [4.78, 5) is 11.5. The molecule has 1 aromatic rings. The lowest BCUT2D eigenvalue weighted by Crippen LogP contribution is -2.39. The molecule has 0 aliphatic rings. The minimum absolute atomic E-state index is 0.00338. The molecule has 6 nitrogen and oxygen atoms in total. The van der Waals surface area contributed by atoms with Crippen LogP contribution < -0.4 is 4.72 Å². The Balaban J connectivity index is 2.95. The summed E-state index contributed by atoms with van der Waals surface area (Å²) in [6.45, 7) is 5.05. The Morgan fingerprint density at radius 2 is 2.05 bits per heavy atom. The van der Waals surface area contributed by atoms with E-state index >= 15 is 0 Å². The van der Waals surface area contributed by atoms with Gasteiger partial charge in [0.1, 0.15) is 6.04 Å². The summed E-state index contributed by atoms with van der Waals surface area (Å²) in [5, 5.41) is 9.77. The molecule has 0 heterocycles. The van der Waals surface area contributed by atoms with Gasteiger partial charge in [0, 0.05) is 0 Å². The molecule has 1 rings (SSSR count). The number of ether oxygens (including phenoxy) is 1. The average molecular weight is 315 g/mol. The molecular formula is C14H21NO5S. The SMILES string of the molecule is CCOC(=O)C(C)NS(=O)(=O)c1cccc(C(O)CC)c1. The second-order valence-corrected chi connectivity index (χ2v) is 6.31. The van der Waals surface area contributed by atoms with Crippen molar-refractivity contribution in [2.75, 3.05) is 6.61 Å². The normalized spacial score (nSPS) is 14.5. The van der Waals surface area contributed by atoms with Gasteiger partial charge in [-0.15, -0.1) is 0 Å². The second kappa shape index (κ2) is 7.53. The fourth-order valence-corrected chi connectivity index (χ4v) is 2.99. The molecule has 0 saturated carbocycles. The molecule has 1 aromatic carbocycles. The van der Waals surface area contributed by atoms with Crippen LogP contribution in [0.25, 0.3) is 0 Å². The first-order chi connectivity index (χ1) is 9.81. The van der Waals surface area contributed by atoms with Crippen LogP contribution in [0.5, 0.6) is 0 Å². The molecule has 2 N–H and O–H groups in total. The van der Waals surface area contributed by atoms with Crippen LogP contribution in [-0.2, 0) is 19.6 Å². The van der Waals surface area contributed by atoms with Crippen molar-refractivity contribution in [3.8, 4) is 0 Å².